The average Bonchev–Trinajstić information content (AvgIpc) is 2.93. The smallest absolute Gasteiger partial charge is 0.0698 e. The maximum absolute atomic E-state index is 10.8. The Bertz CT molecular complexity index is 229. The predicted octanol–water partition coefficient (Wildman–Crippen LogP) is 3.75. The van der Waals surface area contributed by atoms with Crippen LogP contribution in [0.4, 0.5) is 0 Å². The molecule has 2 rings (SSSR count). The summed E-state index contributed by atoms with van der Waals surface area (Å²) >= 11 is 0. The summed E-state index contributed by atoms with van der Waals surface area (Å²) < 4.78 is 0. The molecule has 0 aromatic carbocycles. The molecule has 1 heteroatoms. The summed E-state index contributed by atoms with van der Waals surface area (Å²) in [6.45, 7) is 6.62. The minimum atomic E-state index is -0.357. The summed E-state index contributed by atoms with van der Waals surface area (Å²) in [6.07, 6.45) is 8.93. The Morgan fingerprint density at radius 3 is 2.27 bits per heavy atom. The van der Waals surface area contributed by atoms with Crippen LogP contribution in [0.2, 0.25) is 0 Å². The molecule has 0 heterocycles. The van der Waals surface area contributed by atoms with E-state index in [0.717, 1.165) is 6.42 Å². The molecule has 2 fully saturated rings. The second-order valence-electron chi connectivity index (χ2n) is 6.34. The van der Waals surface area contributed by atoms with Crippen LogP contribution < -0.4 is 0 Å². The van der Waals surface area contributed by atoms with Crippen LogP contribution >= 0.6 is 0 Å². The van der Waals surface area contributed by atoms with Crippen molar-refractivity contribution in [2.45, 2.75) is 71.3 Å². The second-order valence-corrected chi connectivity index (χ2v) is 6.34. The highest BCUT2D eigenvalue weighted by atomic mass is 16.3. The van der Waals surface area contributed by atoms with E-state index in [-0.39, 0.29) is 5.60 Å². The van der Waals surface area contributed by atoms with Crippen molar-refractivity contribution in [3.05, 3.63) is 0 Å². The van der Waals surface area contributed by atoms with Gasteiger partial charge in [-0.25, -0.2) is 0 Å². The van der Waals surface area contributed by atoms with Crippen LogP contribution in [0.5, 0.6) is 0 Å². The average molecular weight is 210 g/mol. The molecule has 0 aliphatic heterocycles. The van der Waals surface area contributed by atoms with Gasteiger partial charge >= 0.3 is 0 Å². The Kier molecular flexibility index (Phi) is 2.87. The third-order valence-electron chi connectivity index (χ3n) is 5.04. The van der Waals surface area contributed by atoms with Crippen LogP contribution in [0.15, 0.2) is 0 Å². The van der Waals surface area contributed by atoms with Gasteiger partial charge in [-0.3, -0.25) is 0 Å². The molecule has 15 heavy (non-hydrogen) atoms. The van der Waals surface area contributed by atoms with E-state index < -0.39 is 0 Å². The summed E-state index contributed by atoms with van der Waals surface area (Å²) in [5.74, 6) is 0.990. The van der Waals surface area contributed by atoms with Crippen molar-refractivity contribution in [1.29, 1.82) is 0 Å². The molecule has 0 aromatic rings. The topological polar surface area (TPSA) is 20.2 Å². The minimum absolute atomic E-state index is 0.357. The number of rotatable bonds is 3. The van der Waals surface area contributed by atoms with E-state index in [1.165, 1.54) is 38.5 Å². The molecule has 0 amide bonds. The Morgan fingerprint density at radius 1 is 1.20 bits per heavy atom. The molecule has 1 spiro atoms. The lowest BCUT2D eigenvalue weighted by molar-refractivity contribution is -0.103. The maximum Gasteiger partial charge on any atom is 0.0698 e. The Balaban J connectivity index is 2.09. The summed E-state index contributed by atoms with van der Waals surface area (Å²) in [5, 5.41) is 10.8. The first-order chi connectivity index (χ1) is 7.02. The van der Waals surface area contributed by atoms with Crippen molar-refractivity contribution in [3.8, 4) is 0 Å². The largest absolute Gasteiger partial charge is 0.389 e. The van der Waals surface area contributed by atoms with Gasteiger partial charge in [-0.15, -0.1) is 0 Å². The van der Waals surface area contributed by atoms with Crippen LogP contribution in [0.25, 0.3) is 0 Å². The van der Waals surface area contributed by atoms with Gasteiger partial charge in [0.15, 0.2) is 0 Å². The maximum atomic E-state index is 10.8. The van der Waals surface area contributed by atoms with E-state index in [2.05, 4.69) is 20.8 Å². The first-order valence-electron chi connectivity index (χ1n) is 6.75. The SMILES string of the molecule is CCCC1CC2(CC2)CCC1(O)C(C)C. The lowest BCUT2D eigenvalue weighted by Crippen LogP contribution is -2.47. The van der Waals surface area contributed by atoms with Crippen molar-refractivity contribution in [2.75, 3.05) is 0 Å². The van der Waals surface area contributed by atoms with Crippen LogP contribution in [0.1, 0.15) is 65.7 Å². The van der Waals surface area contributed by atoms with Gasteiger partial charge in [-0.1, -0.05) is 27.2 Å². The van der Waals surface area contributed by atoms with Crippen molar-refractivity contribution < 1.29 is 5.11 Å². The normalized spacial score (nSPS) is 38.6. The van der Waals surface area contributed by atoms with E-state index in [4.69, 9.17) is 0 Å². The fourth-order valence-corrected chi connectivity index (χ4v) is 3.56. The fraction of sp³-hybridized carbons (Fsp3) is 1.00. The van der Waals surface area contributed by atoms with Gasteiger partial charge in [0, 0.05) is 0 Å². The number of hydrogen-bond acceptors (Lipinski definition) is 1. The molecule has 0 radical (unpaired) electrons. The van der Waals surface area contributed by atoms with Gasteiger partial charge < -0.3 is 5.11 Å². The Labute approximate surface area is 94.3 Å². The molecule has 2 aliphatic rings. The zero-order valence-corrected chi connectivity index (χ0v) is 10.6. The summed E-state index contributed by atoms with van der Waals surface area (Å²) in [5.41, 5.74) is 0.324. The van der Waals surface area contributed by atoms with Crippen LogP contribution in [0.3, 0.4) is 0 Å². The first-order valence-corrected chi connectivity index (χ1v) is 6.75. The number of hydrogen-bond donors (Lipinski definition) is 1. The molecule has 1 nitrogen and oxygen atoms in total. The van der Waals surface area contributed by atoms with Crippen LogP contribution in [-0.4, -0.2) is 10.7 Å². The quantitative estimate of drug-likeness (QED) is 0.752. The van der Waals surface area contributed by atoms with Gasteiger partial charge in [-0.2, -0.15) is 0 Å². The lowest BCUT2D eigenvalue weighted by Gasteiger charge is -2.46. The third kappa shape index (κ3) is 1.95. The molecule has 1 N–H and O–H groups in total. The van der Waals surface area contributed by atoms with E-state index in [1.807, 2.05) is 0 Å². The first kappa shape index (κ1) is 11.4. The second kappa shape index (κ2) is 3.76. The Hall–Kier alpha value is -0.0400. The molecule has 0 aromatic heterocycles. The molecule has 0 bridgehead atoms. The summed E-state index contributed by atoms with van der Waals surface area (Å²) in [7, 11) is 0. The van der Waals surface area contributed by atoms with Gasteiger partial charge in [0.1, 0.15) is 0 Å². The van der Waals surface area contributed by atoms with E-state index in [1.54, 1.807) is 0 Å². The molecule has 2 atom stereocenters. The van der Waals surface area contributed by atoms with Gasteiger partial charge in [0.25, 0.3) is 0 Å². The predicted molar refractivity (Wildman–Crippen MR) is 63.7 cm³/mol. The molecule has 2 unspecified atom stereocenters. The van der Waals surface area contributed by atoms with Crippen molar-refractivity contribution in [2.24, 2.45) is 17.3 Å². The zero-order valence-electron chi connectivity index (χ0n) is 10.6. The molecule has 0 saturated heterocycles. The molecular weight excluding hydrogens is 184 g/mol. The standard InChI is InChI=1S/C14H26O/c1-4-5-12-10-13(6-7-13)8-9-14(12,15)11(2)3/h11-12,15H,4-10H2,1-3H3. The van der Waals surface area contributed by atoms with Crippen LogP contribution in [-0.2, 0) is 0 Å². The molecule has 2 saturated carbocycles. The van der Waals surface area contributed by atoms with Crippen molar-refractivity contribution in [3.63, 3.8) is 0 Å². The van der Waals surface area contributed by atoms with Gasteiger partial charge in [0.05, 0.1) is 5.60 Å². The molecule has 88 valence electrons. The number of aliphatic hydroxyl groups is 1. The van der Waals surface area contributed by atoms with E-state index in [9.17, 15) is 5.11 Å². The molecule has 2 aliphatic carbocycles. The summed E-state index contributed by atoms with van der Waals surface area (Å²) in [6, 6.07) is 0. The van der Waals surface area contributed by atoms with E-state index in [0.29, 0.717) is 17.3 Å². The highest BCUT2D eigenvalue weighted by Crippen LogP contribution is 2.61. The van der Waals surface area contributed by atoms with Gasteiger partial charge in [-0.05, 0) is 55.8 Å². The summed E-state index contributed by atoms with van der Waals surface area (Å²) in [4.78, 5) is 0. The van der Waals surface area contributed by atoms with Crippen LogP contribution in [0, 0.1) is 17.3 Å². The highest BCUT2D eigenvalue weighted by molar-refractivity contribution is 5.05. The van der Waals surface area contributed by atoms with Crippen molar-refractivity contribution in [1.82, 2.24) is 0 Å². The minimum Gasteiger partial charge on any atom is -0.389 e. The monoisotopic (exact) mass is 210 g/mol. The fourth-order valence-electron chi connectivity index (χ4n) is 3.56. The van der Waals surface area contributed by atoms with E-state index >= 15 is 0 Å². The third-order valence-corrected chi connectivity index (χ3v) is 5.04. The van der Waals surface area contributed by atoms with Gasteiger partial charge in [0.2, 0.25) is 0 Å². The molecular formula is C14H26O. The van der Waals surface area contributed by atoms with Crippen molar-refractivity contribution >= 4 is 0 Å². The lowest BCUT2D eigenvalue weighted by atomic mass is 9.63. The zero-order chi connectivity index (χ0) is 11.1. The Morgan fingerprint density at radius 2 is 1.80 bits per heavy atom. The highest BCUT2D eigenvalue weighted by Gasteiger charge is 2.53.